The lowest BCUT2D eigenvalue weighted by Crippen LogP contribution is -2.22. The molecule has 0 bridgehead atoms. The van der Waals surface area contributed by atoms with Crippen molar-refractivity contribution >= 4 is 17.6 Å². The third-order valence-corrected chi connectivity index (χ3v) is 3.62. The second-order valence-corrected chi connectivity index (χ2v) is 5.48. The Hall–Kier alpha value is -3.03. The van der Waals surface area contributed by atoms with Crippen LogP contribution in [-0.2, 0) is 17.6 Å². The number of hydrogen-bond acceptors (Lipinski definition) is 5. The number of aromatic amines is 1. The number of pyridine rings is 1. The fourth-order valence-electron chi connectivity index (χ4n) is 2.49. The first-order chi connectivity index (χ1) is 11.6. The van der Waals surface area contributed by atoms with E-state index in [1.807, 2.05) is 13.0 Å². The highest BCUT2D eigenvalue weighted by Gasteiger charge is 2.14. The van der Waals surface area contributed by atoms with Crippen molar-refractivity contribution in [2.24, 2.45) is 0 Å². The molecular formula is C16H18N6O2. The lowest BCUT2D eigenvalue weighted by atomic mass is 10.1. The van der Waals surface area contributed by atoms with Crippen molar-refractivity contribution in [3.8, 4) is 0 Å². The third kappa shape index (κ3) is 3.17. The standard InChI is InChI=1S/C16H18N6O2/c1-3-6-12-10(2)18-16-20-15(21-22(16)14(12)24)19-13(23)9-11-7-4-5-8-17-11/h4-5,7-8H,3,6,9H2,1-2H3,(H2,18,19,20,21,23). The Kier molecular flexibility index (Phi) is 4.37. The fraction of sp³-hybridized carbons (Fsp3) is 0.312. The van der Waals surface area contributed by atoms with E-state index < -0.39 is 0 Å². The van der Waals surface area contributed by atoms with Gasteiger partial charge in [0.15, 0.2) is 0 Å². The minimum absolute atomic E-state index is 0.125. The zero-order valence-electron chi connectivity index (χ0n) is 13.5. The van der Waals surface area contributed by atoms with Crippen molar-refractivity contribution in [3.05, 3.63) is 51.7 Å². The summed E-state index contributed by atoms with van der Waals surface area (Å²) in [6.45, 7) is 3.80. The van der Waals surface area contributed by atoms with E-state index in [0.29, 0.717) is 23.4 Å². The van der Waals surface area contributed by atoms with E-state index in [4.69, 9.17) is 0 Å². The van der Waals surface area contributed by atoms with Gasteiger partial charge >= 0.3 is 0 Å². The number of aryl methyl sites for hydroxylation is 1. The lowest BCUT2D eigenvalue weighted by molar-refractivity contribution is -0.115. The number of amides is 1. The molecule has 0 saturated heterocycles. The Morgan fingerprint density at radius 2 is 2.17 bits per heavy atom. The monoisotopic (exact) mass is 326 g/mol. The van der Waals surface area contributed by atoms with Gasteiger partial charge in [-0.2, -0.15) is 9.50 Å². The van der Waals surface area contributed by atoms with E-state index in [0.717, 1.165) is 6.42 Å². The topological polar surface area (TPSA) is 105 Å². The summed E-state index contributed by atoms with van der Waals surface area (Å²) in [6, 6.07) is 5.37. The number of rotatable bonds is 5. The Labute approximate surface area is 138 Å². The van der Waals surface area contributed by atoms with Gasteiger partial charge in [-0.15, -0.1) is 0 Å². The van der Waals surface area contributed by atoms with E-state index >= 15 is 0 Å². The van der Waals surface area contributed by atoms with Crippen LogP contribution in [0.3, 0.4) is 0 Å². The second-order valence-electron chi connectivity index (χ2n) is 5.48. The van der Waals surface area contributed by atoms with E-state index in [-0.39, 0.29) is 29.6 Å². The molecule has 8 heteroatoms. The maximum absolute atomic E-state index is 12.5. The summed E-state index contributed by atoms with van der Waals surface area (Å²) >= 11 is 0. The maximum Gasteiger partial charge on any atom is 0.277 e. The summed E-state index contributed by atoms with van der Waals surface area (Å²) in [6.07, 6.45) is 3.26. The number of nitrogens with zero attached hydrogens (tertiary/aromatic N) is 4. The van der Waals surface area contributed by atoms with Crippen molar-refractivity contribution < 1.29 is 4.79 Å². The summed E-state index contributed by atoms with van der Waals surface area (Å²) in [7, 11) is 0. The molecule has 1 amide bonds. The van der Waals surface area contributed by atoms with Crippen molar-refractivity contribution in [1.82, 2.24) is 24.6 Å². The summed E-state index contributed by atoms with van der Waals surface area (Å²) < 4.78 is 1.26. The number of nitrogens with one attached hydrogen (secondary N) is 2. The minimum Gasteiger partial charge on any atom is -0.295 e. The average molecular weight is 326 g/mol. The first-order valence-electron chi connectivity index (χ1n) is 7.76. The number of hydrogen-bond donors (Lipinski definition) is 2. The van der Waals surface area contributed by atoms with Gasteiger partial charge in [-0.3, -0.25) is 25.0 Å². The van der Waals surface area contributed by atoms with E-state index in [1.54, 1.807) is 25.3 Å². The molecule has 3 heterocycles. The number of anilines is 1. The summed E-state index contributed by atoms with van der Waals surface area (Å²) in [5, 5.41) is 5.42. The maximum atomic E-state index is 12.5. The molecule has 0 atom stereocenters. The van der Waals surface area contributed by atoms with Gasteiger partial charge in [0, 0.05) is 17.5 Å². The zero-order valence-corrected chi connectivity index (χ0v) is 13.5. The van der Waals surface area contributed by atoms with Crippen LogP contribution in [0.25, 0.3) is 5.78 Å². The molecule has 0 aliphatic carbocycles. The average Bonchev–Trinajstić information content (AvgIpc) is 2.94. The Morgan fingerprint density at radius 3 is 2.88 bits per heavy atom. The van der Waals surface area contributed by atoms with Gasteiger partial charge in [0.25, 0.3) is 11.3 Å². The van der Waals surface area contributed by atoms with Crippen LogP contribution >= 0.6 is 0 Å². The Morgan fingerprint density at radius 1 is 1.33 bits per heavy atom. The highest BCUT2D eigenvalue weighted by Crippen LogP contribution is 2.07. The SMILES string of the molecule is CCCc1c(C)nc2nc(NC(=O)Cc3ccccn3)[nH]n2c1=O. The summed E-state index contributed by atoms with van der Waals surface area (Å²) in [5.74, 6) is 0.158. The van der Waals surface area contributed by atoms with Crippen LogP contribution in [-0.4, -0.2) is 30.5 Å². The van der Waals surface area contributed by atoms with Gasteiger partial charge in [0.1, 0.15) is 0 Å². The summed E-state index contributed by atoms with van der Waals surface area (Å²) in [5.41, 5.74) is 1.80. The van der Waals surface area contributed by atoms with E-state index in [2.05, 4.69) is 25.4 Å². The molecule has 0 spiro atoms. The molecule has 0 saturated carbocycles. The molecule has 3 aromatic heterocycles. The van der Waals surface area contributed by atoms with Crippen molar-refractivity contribution in [2.45, 2.75) is 33.1 Å². The van der Waals surface area contributed by atoms with Gasteiger partial charge in [-0.05, 0) is 25.5 Å². The molecule has 8 nitrogen and oxygen atoms in total. The molecule has 0 unspecified atom stereocenters. The molecule has 2 N–H and O–H groups in total. The third-order valence-electron chi connectivity index (χ3n) is 3.62. The fourth-order valence-corrected chi connectivity index (χ4v) is 2.49. The highest BCUT2D eigenvalue weighted by atomic mass is 16.2. The van der Waals surface area contributed by atoms with Crippen LogP contribution < -0.4 is 10.9 Å². The Bertz CT molecular complexity index is 929. The van der Waals surface area contributed by atoms with Gasteiger partial charge in [0.05, 0.1) is 12.1 Å². The molecule has 0 radical (unpaired) electrons. The van der Waals surface area contributed by atoms with Crippen LogP contribution in [0.5, 0.6) is 0 Å². The smallest absolute Gasteiger partial charge is 0.277 e. The van der Waals surface area contributed by atoms with Gasteiger partial charge < -0.3 is 0 Å². The van der Waals surface area contributed by atoms with Crippen molar-refractivity contribution in [2.75, 3.05) is 5.32 Å². The second kappa shape index (κ2) is 6.61. The van der Waals surface area contributed by atoms with Gasteiger partial charge in [-0.1, -0.05) is 19.4 Å². The minimum atomic E-state index is -0.272. The first-order valence-corrected chi connectivity index (χ1v) is 7.76. The van der Waals surface area contributed by atoms with Crippen LogP contribution in [0.15, 0.2) is 29.2 Å². The van der Waals surface area contributed by atoms with Crippen LogP contribution in [0.1, 0.15) is 30.3 Å². The molecule has 0 aliphatic rings. The van der Waals surface area contributed by atoms with Crippen molar-refractivity contribution in [3.63, 3.8) is 0 Å². The zero-order chi connectivity index (χ0) is 17.1. The van der Waals surface area contributed by atoms with Crippen LogP contribution in [0.2, 0.25) is 0 Å². The quantitative estimate of drug-likeness (QED) is 0.734. The van der Waals surface area contributed by atoms with Gasteiger partial charge in [-0.25, -0.2) is 4.98 Å². The normalized spacial score (nSPS) is 10.9. The van der Waals surface area contributed by atoms with E-state index in [1.165, 1.54) is 4.52 Å². The first kappa shape index (κ1) is 15.9. The Balaban J connectivity index is 1.84. The predicted octanol–water partition coefficient (Wildman–Crippen LogP) is 1.25. The van der Waals surface area contributed by atoms with Crippen LogP contribution in [0, 0.1) is 6.92 Å². The molecule has 3 aromatic rings. The highest BCUT2D eigenvalue weighted by molar-refractivity contribution is 5.90. The number of aromatic nitrogens is 5. The van der Waals surface area contributed by atoms with Crippen molar-refractivity contribution in [1.29, 1.82) is 0 Å². The molecule has 0 aliphatic heterocycles. The molecule has 0 fully saturated rings. The molecule has 0 aromatic carbocycles. The predicted molar refractivity (Wildman–Crippen MR) is 88.9 cm³/mol. The molecule has 24 heavy (non-hydrogen) atoms. The number of carbonyl (C=O) groups excluding carboxylic acids is 1. The molecule has 124 valence electrons. The number of carbonyl (C=O) groups is 1. The number of H-pyrrole nitrogens is 1. The number of fused-ring (bicyclic) bond motifs is 1. The molecule has 3 rings (SSSR count). The molecular weight excluding hydrogens is 308 g/mol. The summed E-state index contributed by atoms with van der Waals surface area (Å²) in [4.78, 5) is 37.1. The van der Waals surface area contributed by atoms with Crippen LogP contribution in [0.4, 0.5) is 5.95 Å². The van der Waals surface area contributed by atoms with E-state index in [9.17, 15) is 9.59 Å². The largest absolute Gasteiger partial charge is 0.295 e. The van der Waals surface area contributed by atoms with Gasteiger partial charge in [0.2, 0.25) is 11.9 Å². The lowest BCUT2D eigenvalue weighted by Gasteiger charge is -2.02.